The number of hydrogen-bond acceptors (Lipinski definition) is 6. The molecule has 0 amide bonds. The Bertz CT molecular complexity index is 874. The summed E-state index contributed by atoms with van der Waals surface area (Å²) in [5.74, 6) is 0.916. The van der Waals surface area contributed by atoms with Crippen LogP contribution in [0.15, 0.2) is 17.2 Å². The van der Waals surface area contributed by atoms with Crippen LogP contribution in [0.25, 0.3) is 0 Å². The average molecular weight is 411 g/mol. The van der Waals surface area contributed by atoms with Crippen LogP contribution in [0.4, 0.5) is 0 Å². The minimum atomic E-state index is -3.25. The number of piperidine rings is 1. The van der Waals surface area contributed by atoms with Crippen LogP contribution in [0.3, 0.4) is 0 Å². The van der Waals surface area contributed by atoms with Crippen molar-refractivity contribution in [2.24, 2.45) is 5.92 Å². The average Bonchev–Trinajstić information content (AvgIpc) is 3.40. The highest BCUT2D eigenvalue weighted by atomic mass is 32.2. The van der Waals surface area contributed by atoms with Gasteiger partial charge in [0.05, 0.1) is 23.9 Å². The first-order valence-electron chi connectivity index (χ1n) is 10.2. The van der Waals surface area contributed by atoms with E-state index >= 15 is 0 Å². The van der Waals surface area contributed by atoms with Crippen LogP contribution >= 0.6 is 0 Å². The van der Waals surface area contributed by atoms with Gasteiger partial charge < -0.3 is 10.0 Å². The Hall–Kier alpha value is -1.29. The van der Waals surface area contributed by atoms with Crippen molar-refractivity contribution in [1.82, 2.24) is 18.8 Å². The van der Waals surface area contributed by atoms with Crippen molar-refractivity contribution in [2.75, 3.05) is 39.0 Å². The lowest BCUT2D eigenvalue weighted by atomic mass is 9.94. The van der Waals surface area contributed by atoms with Crippen LogP contribution in [0, 0.1) is 5.92 Å². The Labute approximate surface area is 166 Å². The molecule has 156 valence electrons. The lowest BCUT2D eigenvalue weighted by Crippen LogP contribution is -2.48. The van der Waals surface area contributed by atoms with Crippen molar-refractivity contribution in [3.8, 4) is 0 Å². The lowest BCUT2D eigenvalue weighted by molar-refractivity contribution is 0.00601. The van der Waals surface area contributed by atoms with Gasteiger partial charge in [-0.05, 0) is 51.1 Å². The van der Waals surface area contributed by atoms with Gasteiger partial charge in [-0.1, -0.05) is 0 Å². The predicted molar refractivity (Wildman–Crippen MR) is 106 cm³/mol. The highest BCUT2D eigenvalue weighted by molar-refractivity contribution is 7.88. The number of aliphatic hydroxyl groups is 1. The van der Waals surface area contributed by atoms with Crippen LogP contribution in [0.1, 0.15) is 43.7 Å². The van der Waals surface area contributed by atoms with Gasteiger partial charge in [0.1, 0.15) is 0 Å². The standard InChI is InChI=1S/C19H30N4O4S/c1-28(26,27)23-9-6-19(25,13-23)12-21-7-4-15(5-8-21)11-22-14-20-17(10-18(22)24)16-2-3-16/h10,14-16,25H,2-9,11-13H2,1H3. The number of likely N-dealkylation sites (tertiary alicyclic amines) is 1. The molecule has 3 heterocycles. The topological polar surface area (TPSA) is 95.7 Å². The molecule has 9 heteroatoms. The van der Waals surface area contributed by atoms with Crippen LogP contribution < -0.4 is 5.56 Å². The molecule has 2 aliphatic heterocycles. The summed E-state index contributed by atoms with van der Waals surface area (Å²) < 4.78 is 26.5. The van der Waals surface area contributed by atoms with Gasteiger partial charge in [0, 0.05) is 38.2 Å². The molecule has 0 bridgehead atoms. The zero-order valence-corrected chi connectivity index (χ0v) is 17.3. The Morgan fingerprint density at radius 1 is 1.21 bits per heavy atom. The number of hydrogen-bond donors (Lipinski definition) is 1. The number of β-amino-alcohol motifs (C(OH)–C–C–N with tert-alkyl or cyclic N) is 1. The molecular weight excluding hydrogens is 380 g/mol. The zero-order valence-electron chi connectivity index (χ0n) is 16.5. The van der Waals surface area contributed by atoms with Crippen LogP contribution in [0.5, 0.6) is 0 Å². The van der Waals surface area contributed by atoms with E-state index in [1.54, 1.807) is 17.0 Å². The van der Waals surface area contributed by atoms with E-state index in [1.807, 2.05) is 0 Å². The van der Waals surface area contributed by atoms with Gasteiger partial charge >= 0.3 is 0 Å². The Morgan fingerprint density at radius 2 is 1.93 bits per heavy atom. The van der Waals surface area contributed by atoms with E-state index in [2.05, 4.69) is 9.88 Å². The fourth-order valence-electron chi connectivity index (χ4n) is 4.43. The molecule has 0 aromatic carbocycles. The van der Waals surface area contributed by atoms with Crippen molar-refractivity contribution in [3.63, 3.8) is 0 Å². The monoisotopic (exact) mass is 410 g/mol. The molecule has 1 saturated carbocycles. The van der Waals surface area contributed by atoms with E-state index in [0.29, 0.717) is 37.9 Å². The summed E-state index contributed by atoms with van der Waals surface area (Å²) in [4.78, 5) is 19.0. The maximum Gasteiger partial charge on any atom is 0.253 e. The second kappa shape index (κ2) is 7.51. The first-order valence-corrected chi connectivity index (χ1v) is 12.0. The third-order valence-electron chi connectivity index (χ3n) is 6.34. The summed E-state index contributed by atoms with van der Waals surface area (Å²) in [5.41, 5.74) is 0.0135. The smallest absolute Gasteiger partial charge is 0.253 e. The van der Waals surface area contributed by atoms with Crippen LogP contribution in [0.2, 0.25) is 0 Å². The highest BCUT2D eigenvalue weighted by Gasteiger charge is 2.41. The number of sulfonamides is 1. The van der Waals surface area contributed by atoms with E-state index in [-0.39, 0.29) is 12.1 Å². The van der Waals surface area contributed by atoms with Crippen molar-refractivity contribution in [1.29, 1.82) is 0 Å². The van der Waals surface area contributed by atoms with Gasteiger partial charge in [0.2, 0.25) is 10.0 Å². The van der Waals surface area contributed by atoms with Gasteiger partial charge in [0.15, 0.2) is 0 Å². The summed E-state index contributed by atoms with van der Waals surface area (Å²) in [6.45, 7) is 3.47. The van der Waals surface area contributed by atoms with E-state index in [4.69, 9.17) is 0 Å². The largest absolute Gasteiger partial charge is 0.387 e. The Kier molecular flexibility index (Phi) is 5.37. The fourth-order valence-corrected chi connectivity index (χ4v) is 5.33. The lowest BCUT2D eigenvalue weighted by Gasteiger charge is -2.36. The third kappa shape index (κ3) is 4.64. The third-order valence-corrected chi connectivity index (χ3v) is 7.59. The molecule has 8 nitrogen and oxygen atoms in total. The number of rotatable bonds is 6. The fraction of sp³-hybridized carbons (Fsp3) is 0.789. The maximum absolute atomic E-state index is 12.3. The number of nitrogens with zero attached hydrogens (tertiary/aromatic N) is 4. The van der Waals surface area contributed by atoms with Gasteiger partial charge in [-0.2, -0.15) is 4.31 Å². The van der Waals surface area contributed by atoms with Gasteiger partial charge in [-0.3, -0.25) is 9.36 Å². The molecule has 1 aromatic rings. The Balaban J connectivity index is 1.27. The van der Waals surface area contributed by atoms with Gasteiger partial charge in [-0.15, -0.1) is 0 Å². The van der Waals surface area contributed by atoms with Crippen molar-refractivity contribution in [2.45, 2.75) is 50.2 Å². The summed E-state index contributed by atoms with van der Waals surface area (Å²) in [6.07, 6.45) is 7.58. The molecule has 28 heavy (non-hydrogen) atoms. The highest BCUT2D eigenvalue weighted by Crippen LogP contribution is 2.38. The summed E-state index contributed by atoms with van der Waals surface area (Å²) in [7, 11) is -3.25. The van der Waals surface area contributed by atoms with E-state index in [9.17, 15) is 18.3 Å². The second-order valence-electron chi connectivity index (χ2n) is 8.87. The normalized spacial score (nSPS) is 28.1. The molecule has 4 rings (SSSR count). The zero-order chi connectivity index (χ0) is 19.9. The van der Waals surface area contributed by atoms with Crippen LogP contribution in [-0.4, -0.2) is 76.9 Å². The molecule has 0 spiro atoms. The Morgan fingerprint density at radius 3 is 2.50 bits per heavy atom. The van der Waals surface area contributed by atoms with Crippen molar-refractivity contribution < 1.29 is 13.5 Å². The molecule has 3 aliphatic rings. The van der Waals surface area contributed by atoms with E-state index in [0.717, 1.165) is 44.5 Å². The molecule has 1 atom stereocenters. The van der Waals surface area contributed by atoms with E-state index in [1.165, 1.54) is 10.6 Å². The minimum absolute atomic E-state index is 0.0421. The first kappa shape index (κ1) is 20.0. The van der Waals surface area contributed by atoms with Gasteiger partial charge in [0.25, 0.3) is 5.56 Å². The molecule has 1 aliphatic carbocycles. The molecule has 1 N–H and O–H groups in total. The molecule has 1 unspecified atom stereocenters. The molecule has 2 saturated heterocycles. The molecule has 0 radical (unpaired) electrons. The maximum atomic E-state index is 12.3. The number of aromatic nitrogens is 2. The van der Waals surface area contributed by atoms with Crippen molar-refractivity contribution in [3.05, 3.63) is 28.4 Å². The molecule has 1 aromatic heterocycles. The quantitative estimate of drug-likeness (QED) is 0.721. The second-order valence-corrected chi connectivity index (χ2v) is 10.9. The van der Waals surface area contributed by atoms with E-state index < -0.39 is 15.6 Å². The summed E-state index contributed by atoms with van der Waals surface area (Å²) >= 11 is 0. The minimum Gasteiger partial charge on any atom is -0.387 e. The van der Waals surface area contributed by atoms with Crippen LogP contribution in [-0.2, 0) is 16.6 Å². The molecular formula is C19H30N4O4S. The van der Waals surface area contributed by atoms with Crippen molar-refractivity contribution >= 4 is 10.0 Å². The first-order chi connectivity index (χ1) is 13.2. The predicted octanol–water partition coefficient (Wildman–Crippen LogP) is 0.229. The summed E-state index contributed by atoms with van der Waals surface area (Å²) in [5, 5.41) is 10.8. The SMILES string of the molecule is CS(=O)(=O)N1CCC(O)(CN2CCC(Cn3cnc(C4CC4)cc3=O)CC2)C1. The molecule has 3 fully saturated rings. The summed E-state index contributed by atoms with van der Waals surface area (Å²) in [6, 6.07) is 1.69. The van der Waals surface area contributed by atoms with Gasteiger partial charge in [-0.25, -0.2) is 13.4 Å².